The molecular formula is C30H34Cl3F3N4O3. The van der Waals surface area contributed by atoms with Gasteiger partial charge >= 0.3 is 6.18 Å². The molecule has 1 aliphatic heterocycles. The fourth-order valence-electron chi connectivity index (χ4n) is 4.34. The average molecular weight is 662 g/mol. The van der Waals surface area contributed by atoms with Crippen LogP contribution in [0.1, 0.15) is 33.7 Å². The van der Waals surface area contributed by atoms with Gasteiger partial charge in [-0.1, -0.05) is 29.3 Å². The molecule has 0 atom stereocenters. The van der Waals surface area contributed by atoms with Crippen LogP contribution < -0.4 is 10.6 Å². The molecule has 0 bridgehead atoms. The van der Waals surface area contributed by atoms with Crippen LogP contribution in [0.4, 0.5) is 13.2 Å². The molecule has 2 N–H and O–H groups in total. The predicted molar refractivity (Wildman–Crippen MR) is 167 cm³/mol. The second-order valence-corrected chi connectivity index (χ2v) is 10.4. The van der Waals surface area contributed by atoms with Gasteiger partial charge < -0.3 is 24.9 Å². The molecule has 2 heterocycles. The van der Waals surface area contributed by atoms with Crippen molar-refractivity contribution < 1.29 is 27.2 Å². The molecule has 0 aliphatic carbocycles. The number of piperazine rings is 1. The van der Waals surface area contributed by atoms with Gasteiger partial charge in [0, 0.05) is 49.9 Å². The molecule has 3 aromatic rings. The van der Waals surface area contributed by atoms with E-state index in [9.17, 15) is 22.8 Å². The van der Waals surface area contributed by atoms with E-state index < -0.39 is 23.6 Å². The summed E-state index contributed by atoms with van der Waals surface area (Å²) in [5.74, 6) is -0.764. The van der Waals surface area contributed by atoms with Gasteiger partial charge in [-0.05, 0) is 69.4 Å². The van der Waals surface area contributed by atoms with E-state index in [1.807, 2.05) is 6.92 Å². The summed E-state index contributed by atoms with van der Waals surface area (Å²) in [5.41, 5.74) is 0.463. The molecule has 0 unspecified atom stereocenters. The summed E-state index contributed by atoms with van der Waals surface area (Å²) < 4.78 is 45.5. The normalized spacial score (nSPS) is 14.4. The largest absolute Gasteiger partial charge is 0.457 e. The lowest BCUT2D eigenvalue weighted by molar-refractivity contribution is -0.137. The molecule has 7 nitrogen and oxygen atoms in total. The molecule has 1 aliphatic rings. The zero-order valence-electron chi connectivity index (χ0n) is 23.7. The lowest BCUT2D eigenvalue weighted by atomic mass is 10.1. The number of hydrogen-bond acceptors (Lipinski definition) is 5. The molecule has 43 heavy (non-hydrogen) atoms. The Kier molecular flexibility index (Phi) is 13.6. The molecule has 2 amide bonds. The number of likely N-dealkylation sites (N-methyl/N-ethyl adjacent to an activating group) is 1. The topological polar surface area (TPSA) is 77.8 Å². The highest BCUT2D eigenvalue weighted by Crippen LogP contribution is 2.36. The summed E-state index contributed by atoms with van der Waals surface area (Å²) in [4.78, 5) is 30.7. The molecule has 234 valence electrons. The van der Waals surface area contributed by atoms with Crippen molar-refractivity contribution in [1.82, 2.24) is 20.4 Å². The van der Waals surface area contributed by atoms with Crippen LogP contribution in [0, 0.1) is 6.92 Å². The van der Waals surface area contributed by atoms with E-state index in [2.05, 4.69) is 27.5 Å². The number of furan rings is 1. The highest BCUT2D eigenvalue weighted by molar-refractivity contribution is 6.33. The second-order valence-electron chi connectivity index (χ2n) is 10.0. The fraction of sp³-hybridized carbons (Fsp3) is 0.333. The third kappa shape index (κ3) is 10.3. The van der Waals surface area contributed by atoms with Gasteiger partial charge in [-0.3, -0.25) is 9.59 Å². The van der Waals surface area contributed by atoms with Crippen LogP contribution >= 0.6 is 36.4 Å². The Morgan fingerprint density at radius 2 is 1.67 bits per heavy atom. The quantitative estimate of drug-likeness (QED) is 0.208. The lowest BCUT2D eigenvalue weighted by Gasteiger charge is -2.32. The summed E-state index contributed by atoms with van der Waals surface area (Å²) in [6, 6.07) is 12.8. The van der Waals surface area contributed by atoms with Gasteiger partial charge in [0.15, 0.2) is 0 Å². The van der Waals surface area contributed by atoms with Gasteiger partial charge in [-0.2, -0.15) is 13.2 Å². The van der Waals surface area contributed by atoms with Crippen LogP contribution in [0.5, 0.6) is 0 Å². The Balaban J connectivity index is 0.00000323. The maximum absolute atomic E-state index is 13.2. The Hall–Kier alpha value is -3.02. The number of aryl methyl sites for hydroxylation is 1. The van der Waals surface area contributed by atoms with E-state index >= 15 is 0 Å². The van der Waals surface area contributed by atoms with E-state index in [1.165, 1.54) is 18.2 Å². The first-order valence-corrected chi connectivity index (χ1v) is 13.6. The summed E-state index contributed by atoms with van der Waals surface area (Å²) in [6.45, 7) is 7.07. The van der Waals surface area contributed by atoms with E-state index in [1.54, 1.807) is 24.3 Å². The average Bonchev–Trinajstić information content (AvgIpc) is 3.39. The smallest absolute Gasteiger partial charge is 0.416 e. The highest BCUT2D eigenvalue weighted by Gasteiger charge is 2.31. The standard InChI is InChI=1S/C30H32ClF3N4O3.2ClH/c1-20-4-6-21(7-5-20)28(39)36-26(29(40)35-12-3-13-38-16-14-37(2)15-17-38)19-23-9-11-27(41-23)24-18-22(30(32,33)34)8-10-25(24)31;;/h4-11,18-19H,3,12-17H2,1-2H3,(H,35,40)(H,36,39);2*1H/b26-19+;;. The number of rotatable bonds is 9. The molecule has 1 aromatic heterocycles. The van der Waals surface area contributed by atoms with Gasteiger partial charge in [0.2, 0.25) is 0 Å². The Morgan fingerprint density at radius 1 is 1.00 bits per heavy atom. The first-order valence-electron chi connectivity index (χ1n) is 13.3. The van der Waals surface area contributed by atoms with E-state index in [0.717, 1.165) is 62.9 Å². The predicted octanol–water partition coefficient (Wildman–Crippen LogP) is 6.30. The number of amides is 2. The van der Waals surface area contributed by atoms with Gasteiger partial charge in [0.05, 0.1) is 10.6 Å². The maximum atomic E-state index is 13.2. The maximum Gasteiger partial charge on any atom is 0.416 e. The van der Waals surface area contributed by atoms with Crippen molar-refractivity contribution in [3.63, 3.8) is 0 Å². The zero-order chi connectivity index (χ0) is 29.6. The molecular weight excluding hydrogens is 628 g/mol. The molecule has 1 saturated heterocycles. The molecule has 2 aromatic carbocycles. The Morgan fingerprint density at radius 3 is 2.33 bits per heavy atom. The van der Waals surface area contributed by atoms with Crippen LogP contribution in [0.25, 0.3) is 17.4 Å². The molecule has 1 fully saturated rings. The third-order valence-corrected chi connectivity index (χ3v) is 7.14. The number of hydrogen-bond donors (Lipinski definition) is 2. The summed E-state index contributed by atoms with van der Waals surface area (Å²) in [7, 11) is 2.09. The van der Waals surface area contributed by atoms with Crippen LogP contribution in [-0.4, -0.2) is 67.9 Å². The number of halogens is 6. The SMILES string of the molecule is Cc1ccc(C(=O)N/C(=C/c2ccc(-c3cc(C(F)(F)F)ccc3Cl)o2)C(=O)NCCCN2CCN(C)CC2)cc1.Cl.Cl. The van der Waals surface area contributed by atoms with Gasteiger partial charge in [0.1, 0.15) is 17.2 Å². The summed E-state index contributed by atoms with van der Waals surface area (Å²) in [6.07, 6.45) is -2.48. The monoisotopic (exact) mass is 660 g/mol. The number of alkyl halides is 3. The first-order chi connectivity index (χ1) is 19.5. The van der Waals surface area contributed by atoms with Crippen molar-refractivity contribution in [2.24, 2.45) is 0 Å². The van der Waals surface area contributed by atoms with Crippen molar-refractivity contribution >= 4 is 54.3 Å². The van der Waals surface area contributed by atoms with E-state index in [0.29, 0.717) is 12.1 Å². The molecule has 4 rings (SSSR count). The van der Waals surface area contributed by atoms with Crippen LogP contribution in [-0.2, 0) is 11.0 Å². The third-order valence-electron chi connectivity index (χ3n) is 6.81. The first kappa shape index (κ1) is 36.2. The van der Waals surface area contributed by atoms with Crippen molar-refractivity contribution in [2.75, 3.05) is 46.3 Å². The Bertz CT molecular complexity index is 1400. The number of nitrogens with one attached hydrogen (secondary N) is 2. The molecule has 13 heteroatoms. The molecule has 0 spiro atoms. The second kappa shape index (κ2) is 16.2. The zero-order valence-corrected chi connectivity index (χ0v) is 26.1. The van der Waals surface area contributed by atoms with Gasteiger partial charge in [-0.15, -0.1) is 24.8 Å². The van der Waals surface area contributed by atoms with Crippen molar-refractivity contribution in [3.8, 4) is 11.3 Å². The molecule has 0 radical (unpaired) electrons. The molecule has 0 saturated carbocycles. The van der Waals surface area contributed by atoms with Crippen molar-refractivity contribution in [2.45, 2.75) is 19.5 Å². The minimum atomic E-state index is -4.55. The number of carbonyl (C=O) groups excluding carboxylic acids is 2. The van der Waals surface area contributed by atoms with Gasteiger partial charge in [-0.25, -0.2) is 0 Å². The van der Waals surface area contributed by atoms with Crippen LogP contribution in [0.15, 0.2) is 64.7 Å². The lowest BCUT2D eigenvalue weighted by Crippen LogP contribution is -2.45. The number of nitrogens with zero attached hydrogens (tertiary/aromatic N) is 2. The number of benzene rings is 2. The minimum absolute atomic E-state index is 0. The summed E-state index contributed by atoms with van der Waals surface area (Å²) >= 11 is 6.16. The van der Waals surface area contributed by atoms with Crippen LogP contribution in [0.2, 0.25) is 5.02 Å². The van der Waals surface area contributed by atoms with Crippen molar-refractivity contribution in [3.05, 3.63) is 87.8 Å². The van der Waals surface area contributed by atoms with E-state index in [-0.39, 0.29) is 52.6 Å². The van der Waals surface area contributed by atoms with Crippen molar-refractivity contribution in [1.29, 1.82) is 0 Å². The van der Waals surface area contributed by atoms with E-state index in [4.69, 9.17) is 16.0 Å². The van der Waals surface area contributed by atoms with Gasteiger partial charge in [0.25, 0.3) is 11.8 Å². The van der Waals surface area contributed by atoms with Crippen LogP contribution in [0.3, 0.4) is 0 Å². The summed E-state index contributed by atoms with van der Waals surface area (Å²) in [5, 5.41) is 5.56. The number of carbonyl (C=O) groups is 2. The Labute approximate surface area is 266 Å². The minimum Gasteiger partial charge on any atom is -0.457 e. The fourth-order valence-corrected chi connectivity index (χ4v) is 4.55. The highest BCUT2D eigenvalue weighted by atomic mass is 35.5.